The zero-order valence-corrected chi connectivity index (χ0v) is 20.6. The van der Waals surface area contributed by atoms with E-state index in [2.05, 4.69) is 12.2 Å². The lowest BCUT2D eigenvalue weighted by atomic mass is 9.76. The fraction of sp³-hybridized carbons (Fsp3) is 0.704. The average Bonchev–Trinajstić information content (AvgIpc) is 3.55. The van der Waals surface area contributed by atoms with Gasteiger partial charge in [0.15, 0.2) is 0 Å². The summed E-state index contributed by atoms with van der Waals surface area (Å²) in [7, 11) is 0. The van der Waals surface area contributed by atoms with Gasteiger partial charge in [-0.1, -0.05) is 58.4 Å². The molecule has 2 saturated carbocycles. The molecule has 3 unspecified atom stereocenters. The van der Waals surface area contributed by atoms with Gasteiger partial charge in [0.05, 0.1) is 22.9 Å². The van der Waals surface area contributed by atoms with Crippen molar-refractivity contribution in [2.45, 2.75) is 90.7 Å². The van der Waals surface area contributed by atoms with Crippen LogP contribution < -0.4 is 5.32 Å². The molecule has 2 N–H and O–H groups in total. The lowest BCUT2D eigenvalue weighted by Gasteiger charge is -2.32. The number of carbonyl (C=O) groups excluding carboxylic acids is 1. The first kappa shape index (κ1) is 27.5. The van der Waals surface area contributed by atoms with Crippen LogP contribution in [-0.4, -0.2) is 23.2 Å². The molecule has 0 spiro atoms. The SMILES string of the molecule is CCC1CCCCC(C(C(=O)Nc2cc(CC3(C(=O)O)CC3)ccc2F)[C@H](C)C(F)(F)F)CCC1. The molecule has 2 aliphatic carbocycles. The van der Waals surface area contributed by atoms with E-state index in [1.807, 2.05) is 0 Å². The quantitative estimate of drug-likeness (QED) is 0.367. The molecule has 0 bridgehead atoms. The van der Waals surface area contributed by atoms with Crippen molar-refractivity contribution in [2.24, 2.45) is 29.1 Å². The number of halogens is 4. The van der Waals surface area contributed by atoms with Crippen LogP contribution in [0.4, 0.5) is 23.2 Å². The predicted octanol–water partition coefficient (Wildman–Crippen LogP) is 7.37. The standard InChI is InChI=1S/C27H37F4NO3/c1-3-18-7-4-5-9-20(10-6-8-18)23(17(2)27(29,30)31)24(33)32-22-15-19(11-12-21(22)28)16-26(13-14-26)25(34)35/h11-12,15,17-18,20,23H,3-10,13-14,16H2,1-2H3,(H,32,33)(H,34,35)/t17-,18?,20?,23?/m0/s1. The molecule has 8 heteroatoms. The number of alkyl halides is 3. The van der Waals surface area contributed by atoms with Crippen LogP contribution in [0.25, 0.3) is 0 Å². The molecule has 3 rings (SSSR count). The third-order valence-corrected chi connectivity index (χ3v) is 8.21. The van der Waals surface area contributed by atoms with Gasteiger partial charge in [-0.15, -0.1) is 0 Å². The number of amides is 1. The van der Waals surface area contributed by atoms with Gasteiger partial charge in [-0.05, 0) is 61.6 Å². The Labute approximate surface area is 204 Å². The smallest absolute Gasteiger partial charge is 0.392 e. The summed E-state index contributed by atoms with van der Waals surface area (Å²) in [6, 6.07) is 3.96. The van der Waals surface area contributed by atoms with Crippen molar-refractivity contribution >= 4 is 17.6 Å². The largest absolute Gasteiger partial charge is 0.481 e. The molecule has 196 valence electrons. The maximum absolute atomic E-state index is 14.6. The number of benzene rings is 1. The Morgan fingerprint density at radius 2 is 1.74 bits per heavy atom. The molecule has 0 heterocycles. The second-order valence-electron chi connectivity index (χ2n) is 10.7. The summed E-state index contributed by atoms with van der Waals surface area (Å²) in [4.78, 5) is 24.8. The molecule has 0 aromatic heterocycles. The van der Waals surface area contributed by atoms with E-state index in [1.165, 1.54) is 12.1 Å². The van der Waals surface area contributed by atoms with E-state index in [-0.39, 0.29) is 12.1 Å². The summed E-state index contributed by atoms with van der Waals surface area (Å²) in [5, 5.41) is 11.9. The number of anilines is 1. The summed E-state index contributed by atoms with van der Waals surface area (Å²) in [5.74, 6) is -5.53. The fourth-order valence-electron chi connectivity index (χ4n) is 5.62. The Kier molecular flexibility index (Phi) is 8.86. The monoisotopic (exact) mass is 499 g/mol. The number of carboxylic acids is 1. The Morgan fingerprint density at radius 1 is 1.11 bits per heavy atom. The molecule has 1 aromatic rings. The summed E-state index contributed by atoms with van der Waals surface area (Å²) >= 11 is 0. The first-order valence-corrected chi connectivity index (χ1v) is 12.9. The minimum atomic E-state index is -4.55. The molecule has 2 fully saturated rings. The van der Waals surface area contributed by atoms with Gasteiger partial charge in [0.1, 0.15) is 5.82 Å². The molecule has 1 amide bonds. The zero-order valence-electron chi connectivity index (χ0n) is 20.6. The van der Waals surface area contributed by atoms with E-state index in [0.717, 1.165) is 51.5 Å². The van der Waals surface area contributed by atoms with Crippen LogP contribution in [0, 0.1) is 34.9 Å². The number of hydrogen-bond acceptors (Lipinski definition) is 2. The first-order valence-electron chi connectivity index (χ1n) is 12.9. The van der Waals surface area contributed by atoms with Crippen LogP contribution in [0.15, 0.2) is 18.2 Å². The van der Waals surface area contributed by atoms with E-state index >= 15 is 0 Å². The van der Waals surface area contributed by atoms with E-state index in [1.54, 1.807) is 0 Å². The fourth-order valence-corrected chi connectivity index (χ4v) is 5.62. The molecule has 0 aliphatic heterocycles. The molecule has 35 heavy (non-hydrogen) atoms. The maximum Gasteiger partial charge on any atom is 0.392 e. The van der Waals surface area contributed by atoms with Crippen molar-refractivity contribution in [1.29, 1.82) is 0 Å². The molecule has 1 aromatic carbocycles. The molecular formula is C27H37F4NO3. The van der Waals surface area contributed by atoms with Crippen LogP contribution in [0.5, 0.6) is 0 Å². The van der Waals surface area contributed by atoms with Crippen molar-refractivity contribution in [3.63, 3.8) is 0 Å². The van der Waals surface area contributed by atoms with Gasteiger partial charge in [0.2, 0.25) is 5.91 Å². The number of nitrogens with one attached hydrogen (secondary N) is 1. The number of aliphatic carboxylic acids is 1. The number of hydrogen-bond donors (Lipinski definition) is 2. The van der Waals surface area contributed by atoms with Crippen molar-refractivity contribution in [3.05, 3.63) is 29.6 Å². The summed E-state index contributed by atoms with van der Waals surface area (Å²) < 4.78 is 56.1. The van der Waals surface area contributed by atoms with E-state index < -0.39 is 47.0 Å². The molecule has 4 atom stereocenters. The Morgan fingerprint density at radius 3 is 2.34 bits per heavy atom. The van der Waals surface area contributed by atoms with Crippen molar-refractivity contribution in [1.82, 2.24) is 0 Å². The lowest BCUT2D eigenvalue weighted by Crippen LogP contribution is -2.40. The number of carbonyl (C=O) groups is 2. The van der Waals surface area contributed by atoms with E-state index in [9.17, 15) is 32.3 Å². The van der Waals surface area contributed by atoms with Gasteiger partial charge in [-0.3, -0.25) is 9.59 Å². The summed E-state index contributed by atoms with van der Waals surface area (Å²) in [6.45, 7) is 3.18. The molecule has 0 saturated heterocycles. The predicted molar refractivity (Wildman–Crippen MR) is 126 cm³/mol. The highest BCUT2D eigenvalue weighted by atomic mass is 19.4. The highest BCUT2D eigenvalue weighted by Gasteiger charge is 2.50. The van der Waals surface area contributed by atoms with Crippen molar-refractivity contribution < 1.29 is 32.3 Å². The molecule has 4 nitrogen and oxygen atoms in total. The lowest BCUT2D eigenvalue weighted by molar-refractivity contribution is -0.190. The minimum absolute atomic E-state index is 0.190. The third-order valence-electron chi connectivity index (χ3n) is 8.21. The minimum Gasteiger partial charge on any atom is -0.481 e. The van der Waals surface area contributed by atoms with Gasteiger partial charge < -0.3 is 10.4 Å². The summed E-state index contributed by atoms with van der Waals surface area (Å²) in [5.41, 5.74) is -0.530. The maximum atomic E-state index is 14.6. The van der Waals surface area contributed by atoms with Crippen LogP contribution in [0.1, 0.15) is 83.6 Å². The molecule has 0 radical (unpaired) electrons. The highest BCUT2D eigenvalue weighted by Crippen LogP contribution is 2.49. The van der Waals surface area contributed by atoms with Crippen LogP contribution in [0.2, 0.25) is 0 Å². The topological polar surface area (TPSA) is 66.4 Å². The van der Waals surface area contributed by atoms with E-state index in [0.29, 0.717) is 37.2 Å². The van der Waals surface area contributed by atoms with Gasteiger partial charge in [0.25, 0.3) is 0 Å². The van der Waals surface area contributed by atoms with E-state index in [4.69, 9.17) is 0 Å². The second-order valence-corrected chi connectivity index (χ2v) is 10.7. The van der Waals surface area contributed by atoms with Gasteiger partial charge in [0, 0.05) is 0 Å². The Balaban J connectivity index is 1.81. The van der Waals surface area contributed by atoms with Gasteiger partial charge >= 0.3 is 12.1 Å². The molecule has 2 aliphatic rings. The third kappa shape index (κ3) is 6.98. The second kappa shape index (κ2) is 11.3. The van der Waals surface area contributed by atoms with Crippen LogP contribution >= 0.6 is 0 Å². The van der Waals surface area contributed by atoms with Crippen LogP contribution in [-0.2, 0) is 16.0 Å². The van der Waals surface area contributed by atoms with Crippen molar-refractivity contribution in [3.8, 4) is 0 Å². The first-order chi connectivity index (χ1) is 16.5. The van der Waals surface area contributed by atoms with Crippen molar-refractivity contribution in [2.75, 3.05) is 5.32 Å². The zero-order chi connectivity index (χ0) is 25.8. The average molecular weight is 500 g/mol. The van der Waals surface area contributed by atoms with Gasteiger partial charge in [-0.25, -0.2) is 4.39 Å². The summed E-state index contributed by atoms with van der Waals surface area (Å²) in [6.07, 6.45) is 3.31. The highest BCUT2D eigenvalue weighted by molar-refractivity contribution is 5.93. The number of carboxylic acid groups (broad SMARTS) is 1. The normalized spacial score (nSPS) is 24.4. The molecular weight excluding hydrogens is 462 g/mol. The van der Waals surface area contributed by atoms with Crippen LogP contribution in [0.3, 0.4) is 0 Å². The Hall–Kier alpha value is -2.12. The Bertz CT molecular complexity index is 897. The number of rotatable bonds is 8. The van der Waals surface area contributed by atoms with Gasteiger partial charge in [-0.2, -0.15) is 13.2 Å².